The number of carboxylic acids is 1. The number of Topliss-reactive ketones (excluding diaryl/α,β-unsaturated/α-hetero) is 1. The van der Waals surface area contributed by atoms with Gasteiger partial charge in [-0.05, 0) is 24.3 Å². The van der Waals surface area contributed by atoms with E-state index in [-0.39, 0.29) is 5.69 Å². The minimum Gasteiger partial charge on any atom is -0.506 e. The van der Waals surface area contributed by atoms with Crippen LogP contribution in [-0.2, 0) is 4.79 Å². The number of aromatic nitrogens is 1. The highest BCUT2D eigenvalue weighted by molar-refractivity contribution is 6.31. The van der Waals surface area contributed by atoms with Crippen LogP contribution in [0.5, 0.6) is 5.75 Å². The van der Waals surface area contributed by atoms with Crippen molar-refractivity contribution in [1.82, 2.24) is 4.98 Å². The topological polar surface area (TPSA) is 114 Å². The van der Waals surface area contributed by atoms with Gasteiger partial charge in [0.15, 0.2) is 11.7 Å². The Hall–Kier alpha value is -2.18. The molecule has 4 N–H and O–H groups in total. The van der Waals surface area contributed by atoms with E-state index in [9.17, 15) is 14.7 Å². The van der Waals surface area contributed by atoms with Gasteiger partial charge in [0.1, 0.15) is 5.75 Å². The second kappa shape index (κ2) is 4.83. The fourth-order valence-corrected chi connectivity index (χ4v) is 1.76. The molecule has 0 saturated heterocycles. The van der Waals surface area contributed by atoms with E-state index in [0.29, 0.717) is 15.9 Å². The van der Waals surface area contributed by atoms with Gasteiger partial charge in [-0.25, -0.2) is 4.98 Å². The van der Waals surface area contributed by atoms with E-state index in [4.69, 9.17) is 22.4 Å². The van der Waals surface area contributed by atoms with Crippen LogP contribution in [0.4, 0.5) is 0 Å². The SMILES string of the molecule is NC(C(=O)O)C(=O)c1nc2ccc(Cl)cc2cc1O. The van der Waals surface area contributed by atoms with Crippen molar-refractivity contribution < 1.29 is 19.8 Å². The summed E-state index contributed by atoms with van der Waals surface area (Å²) in [6.07, 6.45) is 0. The smallest absolute Gasteiger partial charge is 0.328 e. The van der Waals surface area contributed by atoms with Crippen molar-refractivity contribution in [2.45, 2.75) is 6.04 Å². The number of carbonyl (C=O) groups excluding carboxylic acids is 1. The molecule has 7 heteroatoms. The number of fused-ring (bicyclic) bond motifs is 1. The number of halogens is 1. The van der Waals surface area contributed by atoms with Crippen LogP contribution in [0, 0.1) is 0 Å². The molecule has 0 aliphatic carbocycles. The van der Waals surface area contributed by atoms with Crippen molar-refractivity contribution in [2.75, 3.05) is 0 Å². The number of aromatic hydroxyl groups is 1. The Kier molecular flexibility index (Phi) is 3.37. The minimum absolute atomic E-state index is 0.371. The fraction of sp³-hybridized carbons (Fsp3) is 0.0833. The summed E-state index contributed by atoms with van der Waals surface area (Å²) in [5, 5.41) is 19.4. The van der Waals surface area contributed by atoms with Gasteiger partial charge in [0.25, 0.3) is 0 Å². The van der Waals surface area contributed by atoms with Crippen LogP contribution in [-0.4, -0.2) is 33.0 Å². The monoisotopic (exact) mass is 280 g/mol. The van der Waals surface area contributed by atoms with Crippen molar-refractivity contribution in [3.05, 3.63) is 35.0 Å². The first-order valence-corrected chi connectivity index (χ1v) is 5.60. The van der Waals surface area contributed by atoms with E-state index >= 15 is 0 Å². The summed E-state index contributed by atoms with van der Waals surface area (Å²) in [4.78, 5) is 26.3. The molecule has 0 spiro atoms. The van der Waals surface area contributed by atoms with Gasteiger partial charge in [-0.2, -0.15) is 0 Å². The van der Waals surface area contributed by atoms with Crippen LogP contribution in [0.3, 0.4) is 0 Å². The van der Waals surface area contributed by atoms with Crippen LogP contribution in [0.25, 0.3) is 10.9 Å². The normalized spacial score (nSPS) is 12.3. The minimum atomic E-state index is -1.76. The first-order chi connectivity index (χ1) is 8.90. The number of hydrogen-bond acceptors (Lipinski definition) is 5. The maximum Gasteiger partial charge on any atom is 0.328 e. The molecule has 0 fully saturated rings. The van der Waals surface area contributed by atoms with Gasteiger partial charge in [0, 0.05) is 10.4 Å². The summed E-state index contributed by atoms with van der Waals surface area (Å²) in [5.41, 5.74) is 5.24. The van der Waals surface area contributed by atoms with Gasteiger partial charge in [0.05, 0.1) is 5.52 Å². The Morgan fingerprint density at radius 2 is 2.00 bits per heavy atom. The molecule has 1 aromatic heterocycles. The zero-order valence-electron chi connectivity index (χ0n) is 9.50. The lowest BCUT2D eigenvalue weighted by molar-refractivity contribution is -0.137. The van der Waals surface area contributed by atoms with Crippen molar-refractivity contribution in [2.24, 2.45) is 5.73 Å². The van der Waals surface area contributed by atoms with Crippen LogP contribution >= 0.6 is 11.6 Å². The summed E-state index contributed by atoms with van der Waals surface area (Å²) in [7, 11) is 0. The first-order valence-electron chi connectivity index (χ1n) is 5.22. The molecule has 1 unspecified atom stereocenters. The molecule has 1 heterocycles. The van der Waals surface area contributed by atoms with Gasteiger partial charge < -0.3 is 15.9 Å². The third-order valence-electron chi connectivity index (χ3n) is 2.54. The van der Waals surface area contributed by atoms with Gasteiger partial charge in [-0.3, -0.25) is 9.59 Å². The van der Waals surface area contributed by atoms with Crippen molar-refractivity contribution in [3.63, 3.8) is 0 Å². The van der Waals surface area contributed by atoms with Crippen molar-refractivity contribution in [1.29, 1.82) is 0 Å². The molecule has 2 rings (SSSR count). The van der Waals surface area contributed by atoms with E-state index in [0.717, 1.165) is 0 Å². The number of nitrogens with zero attached hydrogens (tertiary/aromatic N) is 1. The highest BCUT2D eigenvalue weighted by Gasteiger charge is 2.26. The van der Waals surface area contributed by atoms with E-state index in [1.807, 2.05) is 0 Å². The number of pyridine rings is 1. The van der Waals surface area contributed by atoms with Gasteiger partial charge in [-0.1, -0.05) is 11.6 Å². The van der Waals surface area contributed by atoms with E-state index in [1.54, 1.807) is 18.2 Å². The Labute approximate surface area is 112 Å². The highest BCUT2D eigenvalue weighted by atomic mass is 35.5. The number of rotatable bonds is 3. The van der Waals surface area contributed by atoms with Crippen LogP contribution < -0.4 is 5.73 Å². The fourth-order valence-electron chi connectivity index (χ4n) is 1.58. The Balaban J connectivity index is 2.56. The van der Waals surface area contributed by atoms with Gasteiger partial charge >= 0.3 is 5.97 Å². The number of aliphatic carboxylic acids is 1. The molecule has 0 radical (unpaired) electrons. The molecule has 0 aliphatic rings. The largest absolute Gasteiger partial charge is 0.506 e. The Morgan fingerprint density at radius 3 is 2.63 bits per heavy atom. The quantitative estimate of drug-likeness (QED) is 0.575. The summed E-state index contributed by atoms with van der Waals surface area (Å²) >= 11 is 5.79. The lowest BCUT2D eigenvalue weighted by Gasteiger charge is -2.08. The average molecular weight is 281 g/mol. The predicted molar refractivity (Wildman–Crippen MR) is 68.4 cm³/mol. The first kappa shape index (κ1) is 13.3. The van der Waals surface area contributed by atoms with E-state index in [2.05, 4.69) is 4.98 Å². The number of carbonyl (C=O) groups is 2. The third kappa shape index (κ3) is 2.49. The second-order valence-electron chi connectivity index (χ2n) is 3.87. The maximum absolute atomic E-state index is 11.8. The summed E-state index contributed by atoms with van der Waals surface area (Å²) in [5.74, 6) is -2.87. The second-order valence-corrected chi connectivity index (χ2v) is 4.31. The standard InChI is InChI=1S/C12H9ClN2O4/c13-6-1-2-7-5(3-6)4-8(16)10(15-7)11(17)9(14)12(18)19/h1-4,9,16H,14H2,(H,18,19). The lowest BCUT2D eigenvalue weighted by Crippen LogP contribution is -2.38. The lowest BCUT2D eigenvalue weighted by atomic mass is 10.1. The van der Waals surface area contributed by atoms with E-state index < -0.39 is 23.5 Å². The molecule has 0 bridgehead atoms. The molecule has 6 nitrogen and oxygen atoms in total. The molecule has 1 atom stereocenters. The average Bonchev–Trinajstić information content (AvgIpc) is 2.36. The number of ketones is 1. The number of benzene rings is 1. The van der Waals surface area contributed by atoms with Gasteiger partial charge in [0.2, 0.25) is 5.78 Å². The number of nitrogens with two attached hydrogens (primary N) is 1. The predicted octanol–water partition coefficient (Wildman–Crippen LogP) is 1.19. The van der Waals surface area contributed by atoms with Crippen LogP contribution in [0.15, 0.2) is 24.3 Å². The molecule has 2 aromatic rings. The number of carboxylic acid groups (broad SMARTS) is 1. The van der Waals surface area contributed by atoms with Gasteiger partial charge in [-0.15, -0.1) is 0 Å². The summed E-state index contributed by atoms with van der Waals surface area (Å²) in [6, 6.07) is 4.22. The number of hydrogen-bond donors (Lipinski definition) is 3. The molecule has 0 amide bonds. The van der Waals surface area contributed by atoms with Crippen LogP contribution in [0.2, 0.25) is 5.02 Å². The van der Waals surface area contributed by atoms with E-state index in [1.165, 1.54) is 6.07 Å². The molecule has 0 saturated carbocycles. The zero-order valence-corrected chi connectivity index (χ0v) is 10.3. The summed E-state index contributed by atoms with van der Waals surface area (Å²) < 4.78 is 0. The third-order valence-corrected chi connectivity index (χ3v) is 2.77. The molecule has 0 aliphatic heterocycles. The molecular weight excluding hydrogens is 272 g/mol. The van der Waals surface area contributed by atoms with Crippen molar-refractivity contribution >= 4 is 34.3 Å². The highest BCUT2D eigenvalue weighted by Crippen LogP contribution is 2.25. The summed E-state index contributed by atoms with van der Waals surface area (Å²) in [6.45, 7) is 0. The molecule has 1 aromatic carbocycles. The Morgan fingerprint density at radius 1 is 1.32 bits per heavy atom. The maximum atomic E-state index is 11.8. The molecular formula is C12H9ClN2O4. The Bertz CT molecular complexity index is 687. The zero-order chi connectivity index (χ0) is 14.2. The molecule has 19 heavy (non-hydrogen) atoms. The van der Waals surface area contributed by atoms with Crippen molar-refractivity contribution in [3.8, 4) is 5.75 Å². The van der Waals surface area contributed by atoms with Crippen LogP contribution in [0.1, 0.15) is 10.5 Å². The molecule has 98 valence electrons.